The van der Waals surface area contributed by atoms with E-state index in [0.717, 1.165) is 5.56 Å². The molecule has 2 amide bonds. The van der Waals surface area contributed by atoms with Gasteiger partial charge in [-0.2, -0.15) is 5.10 Å². The monoisotopic (exact) mass is 386 g/mol. The first kappa shape index (κ1) is 17.5. The van der Waals surface area contributed by atoms with E-state index in [1.807, 2.05) is 12.1 Å². The van der Waals surface area contributed by atoms with Crippen LogP contribution in [0.3, 0.4) is 0 Å². The Kier molecular flexibility index (Phi) is 4.53. The zero-order valence-electron chi connectivity index (χ0n) is 14.2. The predicted octanol–water partition coefficient (Wildman–Crippen LogP) is 3.02. The van der Waals surface area contributed by atoms with Crippen LogP contribution in [-0.4, -0.2) is 28.6 Å². The number of anilines is 1. The summed E-state index contributed by atoms with van der Waals surface area (Å²) in [6.07, 6.45) is 0.0597. The van der Waals surface area contributed by atoms with Crippen LogP contribution in [0.2, 0.25) is 5.02 Å². The van der Waals surface area contributed by atoms with Gasteiger partial charge in [-0.3, -0.25) is 19.6 Å². The lowest BCUT2D eigenvalue weighted by atomic mass is 10.1. The van der Waals surface area contributed by atoms with Gasteiger partial charge in [0.25, 0.3) is 0 Å². The number of carbonyl (C=O) groups is 2. The van der Waals surface area contributed by atoms with Crippen molar-refractivity contribution in [3.8, 4) is 0 Å². The SMILES string of the molecule is O=C(NCc1cccc(Cl)c1)[C@H]1CC(=O)N(c2n[nH]c3cccc(F)c23)C1. The largest absolute Gasteiger partial charge is 0.352 e. The number of nitrogens with zero attached hydrogens (tertiary/aromatic N) is 2. The molecule has 2 heterocycles. The highest BCUT2D eigenvalue weighted by Crippen LogP contribution is 2.31. The van der Waals surface area contributed by atoms with E-state index >= 15 is 0 Å². The quantitative estimate of drug-likeness (QED) is 0.723. The fourth-order valence-corrected chi connectivity index (χ4v) is 3.49. The van der Waals surface area contributed by atoms with Crippen molar-refractivity contribution in [1.82, 2.24) is 15.5 Å². The molecule has 1 fully saturated rings. The molecule has 0 bridgehead atoms. The van der Waals surface area contributed by atoms with Crippen LogP contribution in [0, 0.1) is 11.7 Å². The number of fused-ring (bicyclic) bond motifs is 1. The van der Waals surface area contributed by atoms with Gasteiger partial charge in [0.15, 0.2) is 5.82 Å². The van der Waals surface area contributed by atoms with E-state index < -0.39 is 11.7 Å². The molecular formula is C19H16ClFN4O2. The minimum Gasteiger partial charge on any atom is -0.352 e. The number of rotatable bonds is 4. The number of hydrogen-bond acceptors (Lipinski definition) is 3. The van der Waals surface area contributed by atoms with Crippen molar-refractivity contribution < 1.29 is 14.0 Å². The minimum absolute atomic E-state index is 0.0597. The minimum atomic E-state index is -0.518. The van der Waals surface area contributed by atoms with Crippen molar-refractivity contribution in [1.29, 1.82) is 0 Å². The molecule has 0 spiro atoms. The summed E-state index contributed by atoms with van der Waals surface area (Å²) in [7, 11) is 0. The van der Waals surface area contributed by atoms with E-state index in [9.17, 15) is 14.0 Å². The summed E-state index contributed by atoms with van der Waals surface area (Å²) < 4.78 is 14.2. The number of carbonyl (C=O) groups excluding carboxylic acids is 2. The van der Waals surface area contributed by atoms with Crippen LogP contribution in [0.5, 0.6) is 0 Å². The second-order valence-corrected chi connectivity index (χ2v) is 6.90. The van der Waals surface area contributed by atoms with Gasteiger partial charge in [0.05, 0.1) is 16.8 Å². The molecule has 0 saturated carbocycles. The summed E-state index contributed by atoms with van der Waals surface area (Å²) in [6, 6.07) is 11.8. The zero-order valence-corrected chi connectivity index (χ0v) is 15.0. The molecular weight excluding hydrogens is 371 g/mol. The Balaban J connectivity index is 1.47. The van der Waals surface area contributed by atoms with Gasteiger partial charge < -0.3 is 5.32 Å². The van der Waals surface area contributed by atoms with Crippen molar-refractivity contribution >= 4 is 40.1 Å². The summed E-state index contributed by atoms with van der Waals surface area (Å²) in [4.78, 5) is 26.2. The fraction of sp³-hybridized carbons (Fsp3) is 0.211. The maximum absolute atomic E-state index is 14.2. The molecule has 6 nitrogen and oxygen atoms in total. The second-order valence-electron chi connectivity index (χ2n) is 6.46. The Hall–Kier alpha value is -2.93. The smallest absolute Gasteiger partial charge is 0.229 e. The van der Waals surface area contributed by atoms with Crippen molar-refractivity contribution in [2.45, 2.75) is 13.0 Å². The van der Waals surface area contributed by atoms with Crippen LogP contribution in [0.15, 0.2) is 42.5 Å². The van der Waals surface area contributed by atoms with Crippen molar-refractivity contribution in [3.05, 3.63) is 58.9 Å². The summed E-state index contributed by atoms with van der Waals surface area (Å²) >= 11 is 5.94. The number of halogens is 2. The molecule has 27 heavy (non-hydrogen) atoms. The Labute approximate surface area is 159 Å². The molecule has 1 aromatic heterocycles. The first-order valence-electron chi connectivity index (χ1n) is 8.48. The molecule has 1 saturated heterocycles. The number of nitrogens with one attached hydrogen (secondary N) is 2. The van der Waals surface area contributed by atoms with Crippen LogP contribution in [0.25, 0.3) is 10.9 Å². The second kappa shape index (κ2) is 7.00. The molecule has 138 valence electrons. The molecule has 2 N–H and O–H groups in total. The lowest BCUT2D eigenvalue weighted by molar-refractivity contribution is -0.126. The van der Waals surface area contributed by atoms with E-state index in [1.165, 1.54) is 11.0 Å². The van der Waals surface area contributed by atoms with Crippen LogP contribution >= 0.6 is 11.6 Å². The van der Waals surface area contributed by atoms with Gasteiger partial charge in [0, 0.05) is 24.5 Å². The van der Waals surface area contributed by atoms with Gasteiger partial charge in [0.1, 0.15) is 5.82 Å². The molecule has 1 aliphatic rings. The highest BCUT2D eigenvalue weighted by Gasteiger charge is 2.37. The van der Waals surface area contributed by atoms with Crippen LogP contribution in [0.1, 0.15) is 12.0 Å². The zero-order chi connectivity index (χ0) is 19.0. The molecule has 0 unspecified atom stereocenters. The summed E-state index contributed by atoms with van der Waals surface area (Å²) in [5.41, 5.74) is 1.38. The van der Waals surface area contributed by atoms with Crippen LogP contribution < -0.4 is 10.2 Å². The average Bonchev–Trinajstić information content (AvgIpc) is 3.24. The number of aromatic amines is 1. The third kappa shape index (κ3) is 3.38. The lowest BCUT2D eigenvalue weighted by Crippen LogP contribution is -2.32. The van der Waals surface area contributed by atoms with Gasteiger partial charge in [-0.1, -0.05) is 29.8 Å². The standard InChI is InChI=1S/C19H16ClFN4O2/c20-13-4-1-3-11(7-13)9-22-19(27)12-8-16(26)25(10-12)18-17-14(21)5-2-6-15(17)23-24-18/h1-7,12H,8-10H2,(H,22,27)(H,23,24)/t12-/m0/s1. The van der Waals surface area contributed by atoms with Crippen molar-refractivity contribution in [2.75, 3.05) is 11.4 Å². The van der Waals surface area contributed by atoms with Crippen LogP contribution in [0.4, 0.5) is 10.2 Å². The average molecular weight is 387 g/mol. The van der Waals surface area contributed by atoms with E-state index in [0.29, 0.717) is 17.1 Å². The third-order valence-electron chi connectivity index (χ3n) is 4.63. The van der Waals surface area contributed by atoms with Gasteiger partial charge in [-0.05, 0) is 29.8 Å². The van der Waals surface area contributed by atoms with E-state index in [-0.39, 0.29) is 36.0 Å². The Morgan fingerprint density at radius 1 is 1.33 bits per heavy atom. The predicted molar refractivity (Wildman–Crippen MR) is 99.8 cm³/mol. The Morgan fingerprint density at radius 3 is 2.96 bits per heavy atom. The number of hydrogen-bond donors (Lipinski definition) is 2. The van der Waals surface area contributed by atoms with Gasteiger partial charge in [0.2, 0.25) is 11.8 Å². The van der Waals surface area contributed by atoms with Crippen molar-refractivity contribution in [3.63, 3.8) is 0 Å². The summed E-state index contributed by atoms with van der Waals surface area (Å²) in [5, 5.41) is 10.5. The Bertz CT molecular complexity index is 1040. The molecule has 1 atom stereocenters. The van der Waals surface area contributed by atoms with E-state index in [2.05, 4.69) is 15.5 Å². The van der Waals surface area contributed by atoms with E-state index in [4.69, 9.17) is 11.6 Å². The van der Waals surface area contributed by atoms with Gasteiger partial charge in [-0.15, -0.1) is 0 Å². The molecule has 2 aromatic carbocycles. The number of amides is 2. The number of benzene rings is 2. The first-order chi connectivity index (χ1) is 13.0. The first-order valence-corrected chi connectivity index (χ1v) is 8.86. The van der Waals surface area contributed by atoms with Crippen LogP contribution in [-0.2, 0) is 16.1 Å². The number of aromatic nitrogens is 2. The normalized spacial score (nSPS) is 16.9. The maximum Gasteiger partial charge on any atom is 0.229 e. The summed E-state index contributed by atoms with van der Waals surface area (Å²) in [6.45, 7) is 0.485. The van der Waals surface area contributed by atoms with E-state index in [1.54, 1.807) is 24.3 Å². The van der Waals surface area contributed by atoms with Crippen molar-refractivity contribution in [2.24, 2.45) is 5.92 Å². The highest BCUT2D eigenvalue weighted by atomic mass is 35.5. The fourth-order valence-electron chi connectivity index (χ4n) is 3.28. The highest BCUT2D eigenvalue weighted by molar-refractivity contribution is 6.30. The maximum atomic E-state index is 14.2. The Morgan fingerprint density at radius 2 is 2.15 bits per heavy atom. The molecule has 3 aromatic rings. The molecule has 4 rings (SSSR count). The molecule has 0 radical (unpaired) electrons. The number of H-pyrrole nitrogens is 1. The third-order valence-corrected chi connectivity index (χ3v) is 4.86. The van der Waals surface area contributed by atoms with Gasteiger partial charge in [-0.25, -0.2) is 4.39 Å². The topological polar surface area (TPSA) is 78.1 Å². The molecule has 8 heteroatoms. The van der Waals surface area contributed by atoms with Gasteiger partial charge >= 0.3 is 0 Å². The lowest BCUT2D eigenvalue weighted by Gasteiger charge is -2.14. The summed E-state index contributed by atoms with van der Waals surface area (Å²) in [5.74, 6) is -1.24. The molecule has 0 aliphatic carbocycles. The molecule has 1 aliphatic heterocycles.